The zero-order valence-corrected chi connectivity index (χ0v) is 8.87. The van der Waals surface area contributed by atoms with E-state index in [0.29, 0.717) is 11.6 Å². The summed E-state index contributed by atoms with van der Waals surface area (Å²) in [6, 6.07) is 11.5. The number of rotatable bonds is 2. The van der Waals surface area contributed by atoms with Gasteiger partial charge in [-0.3, -0.25) is 0 Å². The minimum atomic E-state index is 0.514. The molecule has 3 rings (SSSR count). The van der Waals surface area contributed by atoms with Gasteiger partial charge in [0.15, 0.2) is 5.82 Å². The summed E-state index contributed by atoms with van der Waals surface area (Å²) in [4.78, 5) is 8.29. The molecule has 0 aliphatic heterocycles. The van der Waals surface area contributed by atoms with Gasteiger partial charge in [-0.15, -0.1) is 0 Å². The third-order valence-electron chi connectivity index (χ3n) is 2.35. The molecule has 0 aliphatic rings. The van der Waals surface area contributed by atoms with Crippen molar-refractivity contribution < 1.29 is 4.52 Å². The molecule has 2 aromatic heterocycles. The van der Waals surface area contributed by atoms with Crippen LogP contribution in [0.5, 0.6) is 0 Å². The molecule has 0 saturated heterocycles. The van der Waals surface area contributed by atoms with Crippen LogP contribution in [0.4, 0.5) is 0 Å². The van der Waals surface area contributed by atoms with Gasteiger partial charge in [0, 0.05) is 12.4 Å². The van der Waals surface area contributed by atoms with E-state index in [2.05, 4.69) is 21.3 Å². The van der Waals surface area contributed by atoms with Crippen molar-refractivity contribution in [3.05, 3.63) is 55.0 Å². The monoisotopic (exact) mass is 222 g/mol. The predicted molar refractivity (Wildman–Crippen MR) is 61.8 cm³/mol. The summed E-state index contributed by atoms with van der Waals surface area (Å²) >= 11 is 0. The standard InChI is InChI=1S/C13H8N3O/c1-2-5-10(6-3-1)11-9-16-17-12(11)13-14-7-4-8-15-13/h1-8H. The Morgan fingerprint density at radius 2 is 1.71 bits per heavy atom. The van der Waals surface area contributed by atoms with E-state index >= 15 is 0 Å². The molecule has 0 spiro atoms. The Labute approximate surface area is 98.0 Å². The quantitative estimate of drug-likeness (QED) is 0.668. The van der Waals surface area contributed by atoms with Gasteiger partial charge in [0.25, 0.3) is 0 Å². The van der Waals surface area contributed by atoms with E-state index in [-0.39, 0.29) is 0 Å². The fourth-order valence-electron chi connectivity index (χ4n) is 1.58. The van der Waals surface area contributed by atoms with Gasteiger partial charge in [-0.05, 0) is 11.6 Å². The Hall–Kier alpha value is -2.49. The molecular formula is C13H8N3O. The maximum absolute atomic E-state index is 5.17. The molecule has 2 heterocycles. The second-order valence-corrected chi connectivity index (χ2v) is 3.44. The molecule has 81 valence electrons. The fraction of sp³-hybridized carbons (Fsp3) is 0. The summed E-state index contributed by atoms with van der Waals surface area (Å²) in [5, 5.41) is 3.69. The summed E-state index contributed by atoms with van der Waals surface area (Å²) in [5.41, 5.74) is 1.76. The van der Waals surface area contributed by atoms with Crippen molar-refractivity contribution >= 4 is 0 Å². The highest BCUT2D eigenvalue weighted by molar-refractivity contribution is 5.75. The van der Waals surface area contributed by atoms with Crippen LogP contribution < -0.4 is 0 Å². The first-order chi connectivity index (χ1) is 8.45. The number of hydrogen-bond acceptors (Lipinski definition) is 4. The average molecular weight is 222 g/mol. The molecule has 1 radical (unpaired) electrons. The summed E-state index contributed by atoms with van der Waals surface area (Å²) in [7, 11) is 0. The normalized spacial score (nSPS) is 10.4. The molecule has 0 atom stereocenters. The van der Waals surface area contributed by atoms with E-state index in [1.54, 1.807) is 18.5 Å². The van der Waals surface area contributed by atoms with Gasteiger partial charge in [-0.25, -0.2) is 9.97 Å². The zero-order chi connectivity index (χ0) is 11.5. The fourth-order valence-corrected chi connectivity index (χ4v) is 1.58. The highest BCUT2D eigenvalue weighted by atomic mass is 16.5. The lowest BCUT2D eigenvalue weighted by molar-refractivity contribution is 0.428. The molecule has 0 fully saturated rings. The SMILES string of the molecule is [c]1noc(-c2ncccn2)c1-c1ccccc1. The van der Waals surface area contributed by atoms with Crippen molar-refractivity contribution in [1.82, 2.24) is 15.1 Å². The molecule has 4 nitrogen and oxygen atoms in total. The second kappa shape index (κ2) is 4.17. The van der Waals surface area contributed by atoms with Gasteiger partial charge in [0.2, 0.25) is 5.76 Å². The Morgan fingerprint density at radius 3 is 2.47 bits per heavy atom. The molecule has 4 heteroatoms. The van der Waals surface area contributed by atoms with Crippen molar-refractivity contribution in [3.63, 3.8) is 0 Å². The summed E-state index contributed by atoms with van der Waals surface area (Å²) < 4.78 is 5.17. The van der Waals surface area contributed by atoms with E-state index in [1.165, 1.54) is 0 Å². The van der Waals surface area contributed by atoms with Gasteiger partial charge in [-0.2, -0.15) is 0 Å². The van der Waals surface area contributed by atoms with Crippen LogP contribution in [0.3, 0.4) is 0 Å². The number of nitrogens with zero attached hydrogens (tertiary/aromatic N) is 3. The van der Waals surface area contributed by atoms with Gasteiger partial charge in [-0.1, -0.05) is 35.5 Å². The van der Waals surface area contributed by atoms with E-state index < -0.39 is 0 Å². The molecule has 0 bridgehead atoms. The van der Waals surface area contributed by atoms with Crippen LogP contribution in [0.15, 0.2) is 53.3 Å². The smallest absolute Gasteiger partial charge is 0.212 e. The first-order valence-corrected chi connectivity index (χ1v) is 5.15. The van der Waals surface area contributed by atoms with Crippen LogP contribution in [-0.4, -0.2) is 15.1 Å². The minimum absolute atomic E-state index is 0.514. The maximum atomic E-state index is 5.17. The van der Waals surface area contributed by atoms with Crippen LogP contribution in [0, 0.1) is 6.20 Å². The Morgan fingerprint density at radius 1 is 0.941 bits per heavy atom. The van der Waals surface area contributed by atoms with Crippen molar-refractivity contribution in [2.24, 2.45) is 0 Å². The summed E-state index contributed by atoms with van der Waals surface area (Å²) in [6.07, 6.45) is 6.16. The maximum Gasteiger partial charge on any atom is 0.212 e. The second-order valence-electron chi connectivity index (χ2n) is 3.44. The largest absolute Gasteiger partial charge is 0.352 e. The number of aromatic nitrogens is 3. The third-order valence-corrected chi connectivity index (χ3v) is 2.35. The first-order valence-electron chi connectivity index (χ1n) is 5.15. The Balaban J connectivity index is 2.13. The summed E-state index contributed by atoms with van der Waals surface area (Å²) in [5.74, 6) is 1.05. The van der Waals surface area contributed by atoms with Crippen LogP contribution in [-0.2, 0) is 0 Å². The van der Waals surface area contributed by atoms with Crippen LogP contribution in [0.25, 0.3) is 22.7 Å². The van der Waals surface area contributed by atoms with Gasteiger partial charge >= 0.3 is 0 Å². The molecule has 0 unspecified atom stereocenters. The lowest BCUT2D eigenvalue weighted by Gasteiger charge is -1.98. The topological polar surface area (TPSA) is 51.8 Å². The van der Waals surface area contributed by atoms with Gasteiger partial charge in [0.05, 0.1) is 5.56 Å². The van der Waals surface area contributed by atoms with E-state index in [1.807, 2.05) is 30.3 Å². The molecule has 0 saturated carbocycles. The van der Waals surface area contributed by atoms with Gasteiger partial charge < -0.3 is 4.52 Å². The van der Waals surface area contributed by atoms with Crippen LogP contribution in [0.1, 0.15) is 0 Å². The molecule has 1 aromatic carbocycles. The van der Waals surface area contributed by atoms with E-state index in [4.69, 9.17) is 4.52 Å². The van der Waals surface area contributed by atoms with E-state index in [0.717, 1.165) is 11.1 Å². The molecular weight excluding hydrogens is 214 g/mol. The molecule has 0 amide bonds. The van der Waals surface area contributed by atoms with Crippen LogP contribution >= 0.6 is 0 Å². The molecule has 3 aromatic rings. The summed E-state index contributed by atoms with van der Waals surface area (Å²) in [6.45, 7) is 0. The highest BCUT2D eigenvalue weighted by Gasteiger charge is 2.14. The minimum Gasteiger partial charge on any atom is -0.352 e. The Bertz CT molecular complexity index is 551. The third kappa shape index (κ3) is 1.80. The van der Waals surface area contributed by atoms with E-state index in [9.17, 15) is 0 Å². The predicted octanol–water partition coefficient (Wildman–Crippen LogP) is 2.60. The highest BCUT2D eigenvalue weighted by Crippen LogP contribution is 2.28. The van der Waals surface area contributed by atoms with Crippen molar-refractivity contribution in [3.8, 4) is 22.7 Å². The molecule has 17 heavy (non-hydrogen) atoms. The van der Waals surface area contributed by atoms with Crippen LogP contribution in [0.2, 0.25) is 0 Å². The lowest BCUT2D eigenvalue weighted by atomic mass is 10.1. The van der Waals surface area contributed by atoms with Crippen molar-refractivity contribution in [2.45, 2.75) is 0 Å². The Kier molecular flexibility index (Phi) is 2.38. The lowest BCUT2D eigenvalue weighted by Crippen LogP contribution is -1.87. The van der Waals surface area contributed by atoms with Crippen molar-refractivity contribution in [1.29, 1.82) is 0 Å². The first kappa shape index (κ1) is 9.72. The average Bonchev–Trinajstić information content (AvgIpc) is 2.90. The number of hydrogen-bond donors (Lipinski definition) is 0. The number of benzene rings is 1. The molecule has 0 aliphatic carbocycles. The zero-order valence-electron chi connectivity index (χ0n) is 8.87. The molecule has 0 N–H and O–H groups in total. The van der Waals surface area contributed by atoms with Gasteiger partial charge in [0.1, 0.15) is 6.20 Å². The van der Waals surface area contributed by atoms with Crippen molar-refractivity contribution in [2.75, 3.05) is 0 Å².